The van der Waals surface area contributed by atoms with Crippen molar-refractivity contribution >= 4 is 0 Å². The Hall–Kier alpha value is -0.790. The molecule has 0 aliphatic heterocycles. The van der Waals surface area contributed by atoms with Crippen LogP contribution in [-0.2, 0) is 10.8 Å². The van der Waals surface area contributed by atoms with Crippen molar-refractivity contribution in [1.82, 2.24) is 9.97 Å². The Labute approximate surface area is 151 Å². The molecule has 0 aromatic carbocycles. The van der Waals surface area contributed by atoms with Gasteiger partial charge in [-0.2, -0.15) is 0 Å². The first-order valence-corrected chi connectivity index (χ1v) is 10.2. The minimum Gasteiger partial charge on any atom is -0.345 e. The van der Waals surface area contributed by atoms with E-state index >= 15 is 0 Å². The maximum absolute atomic E-state index is 5.19. The van der Waals surface area contributed by atoms with Gasteiger partial charge < -0.3 is 4.98 Å². The minimum absolute atomic E-state index is 0.140. The summed E-state index contributed by atoms with van der Waals surface area (Å²) in [6, 6.07) is 0. The molecule has 1 N–H and O–H groups in total. The molecule has 1 heterocycles. The fourth-order valence-electron chi connectivity index (χ4n) is 3.39. The van der Waals surface area contributed by atoms with Crippen LogP contribution in [0.3, 0.4) is 0 Å². The molecule has 0 aliphatic carbocycles. The Kier molecular flexibility index (Phi) is 7.56. The van der Waals surface area contributed by atoms with Gasteiger partial charge in [-0.1, -0.05) is 81.6 Å². The van der Waals surface area contributed by atoms with Gasteiger partial charge in [0.05, 0.1) is 5.69 Å². The number of rotatable bonds is 10. The molecule has 2 heteroatoms. The lowest BCUT2D eigenvalue weighted by Crippen LogP contribution is -2.28. The van der Waals surface area contributed by atoms with Gasteiger partial charge in [-0.25, -0.2) is 4.98 Å². The van der Waals surface area contributed by atoms with Gasteiger partial charge in [0, 0.05) is 22.4 Å². The fourth-order valence-corrected chi connectivity index (χ4v) is 3.39. The molecular weight excluding hydrogens is 292 g/mol. The van der Waals surface area contributed by atoms with E-state index in [0.717, 1.165) is 12.8 Å². The smallest absolute Gasteiger partial charge is 0.109 e. The van der Waals surface area contributed by atoms with Crippen molar-refractivity contribution in [1.29, 1.82) is 0 Å². The minimum atomic E-state index is 0.140. The van der Waals surface area contributed by atoms with Crippen LogP contribution >= 0.6 is 0 Å². The number of hydrogen-bond donors (Lipinski definition) is 1. The lowest BCUT2D eigenvalue weighted by molar-refractivity contribution is 0.390. The molecule has 1 aromatic rings. The third-order valence-electron chi connectivity index (χ3n) is 6.36. The van der Waals surface area contributed by atoms with Crippen molar-refractivity contribution in [3.05, 3.63) is 17.2 Å². The van der Waals surface area contributed by atoms with E-state index in [1.165, 1.54) is 42.9 Å². The van der Waals surface area contributed by atoms with Gasteiger partial charge in [-0.05, 0) is 25.2 Å². The third-order valence-corrected chi connectivity index (χ3v) is 6.36. The molecule has 2 nitrogen and oxygen atoms in total. The summed E-state index contributed by atoms with van der Waals surface area (Å²) in [5, 5.41) is 0. The number of H-pyrrole nitrogens is 1. The van der Waals surface area contributed by atoms with E-state index in [4.69, 9.17) is 4.98 Å². The zero-order chi connectivity index (χ0) is 18.5. The number of nitrogens with zero attached hydrogens (tertiary/aromatic N) is 1. The first-order valence-electron chi connectivity index (χ1n) is 10.2. The number of unbranched alkanes of at least 4 members (excludes halogenated alkanes) is 2. The Morgan fingerprint density at radius 3 is 2.00 bits per heavy atom. The Morgan fingerprint density at radius 1 is 0.958 bits per heavy atom. The lowest BCUT2D eigenvalue weighted by Gasteiger charge is -2.32. The van der Waals surface area contributed by atoms with Crippen molar-refractivity contribution in [2.45, 2.75) is 118 Å². The summed E-state index contributed by atoms with van der Waals surface area (Å²) in [7, 11) is 0. The van der Waals surface area contributed by atoms with Crippen LogP contribution in [0.25, 0.3) is 0 Å². The largest absolute Gasteiger partial charge is 0.345 e. The van der Waals surface area contributed by atoms with Crippen molar-refractivity contribution in [3.63, 3.8) is 0 Å². The van der Waals surface area contributed by atoms with Crippen LogP contribution in [0.4, 0.5) is 0 Å². The number of nitrogens with one attached hydrogen (secondary N) is 1. The fraction of sp³-hybridized carbons (Fsp3) is 0.864. The van der Waals surface area contributed by atoms with Gasteiger partial charge in [0.2, 0.25) is 0 Å². The number of aromatic nitrogens is 2. The summed E-state index contributed by atoms with van der Waals surface area (Å²) in [6.45, 7) is 21.0. The molecule has 0 fully saturated rings. The van der Waals surface area contributed by atoms with Crippen LogP contribution in [0.5, 0.6) is 0 Å². The molecule has 1 unspecified atom stereocenters. The second-order valence-electron chi connectivity index (χ2n) is 8.99. The zero-order valence-corrected chi connectivity index (χ0v) is 17.8. The van der Waals surface area contributed by atoms with Crippen molar-refractivity contribution < 1.29 is 0 Å². The van der Waals surface area contributed by atoms with Crippen LogP contribution in [0.15, 0.2) is 0 Å². The summed E-state index contributed by atoms with van der Waals surface area (Å²) in [6.07, 6.45) is 7.41. The molecule has 0 saturated carbocycles. The maximum Gasteiger partial charge on any atom is 0.109 e. The second kappa shape index (κ2) is 8.54. The van der Waals surface area contributed by atoms with Gasteiger partial charge in [-0.15, -0.1) is 0 Å². The van der Waals surface area contributed by atoms with E-state index in [1.54, 1.807) is 0 Å². The van der Waals surface area contributed by atoms with E-state index in [9.17, 15) is 0 Å². The monoisotopic (exact) mass is 334 g/mol. The summed E-state index contributed by atoms with van der Waals surface area (Å²) in [4.78, 5) is 8.98. The van der Waals surface area contributed by atoms with Gasteiger partial charge in [-0.3, -0.25) is 0 Å². The lowest BCUT2D eigenvalue weighted by atomic mass is 9.74. The van der Waals surface area contributed by atoms with E-state index in [1.807, 2.05) is 0 Å². The summed E-state index contributed by atoms with van der Waals surface area (Å²) >= 11 is 0. The van der Waals surface area contributed by atoms with E-state index < -0.39 is 0 Å². The highest BCUT2D eigenvalue weighted by molar-refractivity contribution is 5.30. The first kappa shape index (κ1) is 21.3. The molecule has 0 bridgehead atoms. The van der Waals surface area contributed by atoms with Crippen LogP contribution in [-0.4, -0.2) is 9.97 Å². The van der Waals surface area contributed by atoms with Crippen LogP contribution in [0, 0.1) is 5.92 Å². The number of aromatic amines is 1. The van der Waals surface area contributed by atoms with Crippen molar-refractivity contribution in [2.75, 3.05) is 0 Å². The molecule has 0 radical (unpaired) electrons. The average molecular weight is 335 g/mol. The molecule has 24 heavy (non-hydrogen) atoms. The van der Waals surface area contributed by atoms with E-state index in [0.29, 0.717) is 11.8 Å². The molecule has 0 spiro atoms. The summed E-state index contributed by atoms with van der Waals surface area (Å²) < 4.78 is 0. The highest BCUT2D eigenvalue weighted by atomic mass is 15.0. The Bertz CT molecular complexity index is 492. The quantitative estimate of drug-likeness (QED) is 0.454. The van der Waals surface area contributed by atoms with Gasteiger partial charge in [0.25, 0.3) is 0 Å². The molecule has 1 atom stereocenters. The van der Waals surface area contributed by atoms with Crippen molar-refractivity contribution in [2.24, 2.45) is 5.92 Å². The standard InChI is InChI=1S/C22H42N2/c1-10-13-14-15-21(7,8)18-19(22(9,11-2)12-3)24-20(23-18)17(6)16(4)5/h16-17H,10-15H2,1-9H3,(H,23,24). The molecular formula is C22H42N2. The predicted molar refractivity (Wildman–Crippen MR) is 107 cm³/mol. The van der Waals surface area contributed by atoms with Crippen LogP contribution in [0.1, 0.15) is 124 Å². The van der Waals surface area contributed by atoms with Crippen LogP contribution in [0.2, 0.25) is 0 Å². The Morgan fingerprint density at radius 2 is 1.54 bits per heavy atom. The first-order chi connectivity index (χ1) is 11.1. The number of imidazole rings is 1. The topological polar surface area (TPSA) is 28.7 Å². The van der Waals surface area contributed by atoms with Gasteiger partial charge in [0.15, 0.2) is 0 Å². The normalized spacial score (nSPS) is 14.4. The average Bonchev–Trinajstić information content (AvgIpc) is 3.00. The Balaban J connectivity index is 3.34. The SMILES string of the molecule is CCCCCC(C)(C)c1nc(C(C)C(C)C)[nH]c1C(C)(CC)CC. The summed E-state index contributed by atoms with van der Waals surface area (Å²) in [5.74, 6) is 2.27. The molecule has 0 aliphatic rings. The van der Waals surface area contributed by atoms with E-state index in [2.05, 4.69) is 67.3 Å². The molecule has 0 amide bonds. The molecule has 1 rings (SSSR count). The van der Waals surface area contributed by atoms with E-state index in [-0.39, 0.29) is 10.8 Å². The highest BCUT2D eigenvalue weighted by Crippen LogP contribution is 2.40. The highest BCUT2D eigenvalue weighted by Gasteiger charge is 2.35. The third kappa shape index (κ3) is 4.64. The second-order valence-corrected chi connectivity index (χ2v) is 8.99. The molecule has 140 valence electrons. The van der Waals surface area contributed by atoms with Crippen LogP contribution < -0.4 is 0 Å². The zero-order valence-electron chi connectivity index (χ0n) is 17.8. The van der Waals surface area contributed by atoms with Gasteiger partial charge in [0.1, 0.15) is 5.82 Å². The molecule has 1 aromatic heterocycles. The van der Waals surface area contributed by atoms with Gasteiger partial charge >= 0.3 is 0 Å². The maximum atomic E-state index is 5.19. The molecule has 0 saturated heterocycles. The van der Waals surface area contributed by atoms with Crippen molar-refractivity contribution in [3.8, 4) is 0 Å². The number of hydrogen-bond acceptors (Lipinski definition) is 1. The summed E-state index contributed by atoms with van der Waals surface area (Å²) in [5.41, 5.74) is 3.06. The predicted octanol–water partition coefficient (Wildman–Crippen LogP) is 7.10.